The lowest BCUT2D eigenvalue weighted by molar-refractivity contribution is -0.137. The quantitative estimate of drug-likeness (QED) is 0.824. The molecule has 1 amide bonds. The van der Waals surface area contributed by atoms with Crippen LogP contribution < -0.4 is 5.32 Å². The van der Waals surface area contributed by atoms with Gasteiger partial charge in [0.05, 0.1) is 12.3 Å². The Morgan fingerprint density at radius 2 is 1.95 bits per heavy atom. The van der Waals surface area contributed by atoms with Crippen LogP contribution in [-0.2, 0) is 9.59 Å². The van der Waals surface area contributed by atoms with E-state index in [1.165, 1.54) is 0 Å². The predicted molar refractivity (Wildman–Crippen MR) is 71.8 cm³/mol. The van der Waals surface area contributed by atoms with Crippen LogP contribution in [0, 0.1) is 5.92 Å². The molecule has 4 heteroatoms. The van der Waals surface area contributed by atoms with Crippen LogP contribution in [0.25, 0.3) is 0 Å². The largest absolute Gasteiger partial charge is 0.481 e. The van der Waals surface area contributed by atoms with E-state index in [-0.39, 0.29) is 24.3 Å². The van der Waals surface area contributed by atoms with Crippen LogP contribution in [0.2, 0.25) is 0 Å². The van der Waals surface area contributed by atoms with Crippen molar-refractivity contribution in [1.82, 2.24) is 5.32 Å². The highest BCUT2D eigenvalue weighted by atomic mass is 16.4. The Balaban J connectivity index is 2.04. The van der Waals surface area contributed by atoms with Crippen molar-refractivity contribution in [2.45, 2.75) is 38.1 Å². The lowest BCUT2D eigenvalue weighted by Gasteiger charge is -2.19. The Labute approximate surface area is 112 Å². The Bertz CT molecular complexity index is 454. The van der Waals surface area contributed by atoms with E-state index in [0.717, 1.165) is 18.4 Å². The molecule has 4 nitrogen and oxygen atoms in total. The maximum atomic E-state index is 12.3. The summed E-state index contributed by atoms with van der Waals surface area (Å²) in [7, 11) is 0. The van der Waals surface area contributed by atoms with Gasteiger partial charge in [-0.25, -0.2) is 0 Å². The summed E-state index contributed by atoms with van der Waals surface area (Å²) in [5, 5.41) is 11.5. The number of benzene rings is 1. The van der Waals surface area contributed by atoms with Crippen molar-refractivity contribution in [2.75, 3.05) is 0 Å². The summed E-state index contributed by atoms with van der Waals surface area (Å²) < 4.78 is 0. The maximum absolute atomic E-state index is 12.3. The lowest BCUT2D eigenvalue weighted by atomic mass is 9.93. The van der Waals surface area contributed by atoms with Crippen molar-refractivity contribution in [1.29, 1.82) is 0 Å². The number of nitrogens with one attached hydrogen (secondary N) is 1. The number of amides is 1. The third-order valence-electron chi connectivity index (χ3n) is 3.40. The maximum Gasteiger partial charge on any atom is 0.305 e. The fraction of sp³-hybridized carbons (Fsp3) is 0.467. The zero-order valence-corrected chi connectivity index (χ0v) is 11.0. The molecule has 0 aromatic heterocycles. The molecular formula is C15H19NO3. The fourth-order valence-electron chi connectivity index (χ4n) is 2.37. The number of aliphatic carboxylic acids is 1. The number of carboxylic acids is 1. The standard InChI is InChI=1S/C15H19NO3/c1-10(9-13(17)18)16-15(19)14(12-7-8-12)11-5-3-2-4-6-11/h2-6,10,12,14H,7-9H2,1H3,(H,16,19)(H,17,18). The molecule has 2 N–H and O–H groups in total. The Hall–Kier alpha value is -1.84. The molecule has 2 atom stereocenters. The normalized spacial score (nSPS) is 17.5. The van der Waals surface area contributed by atoms with E-state index in [4.69, 9.17) is 5.11 Å². The Morgan fingerprint density at radius 1 is 1.32 bits per heavy atom. The van der Waals surface area contributed by atoms with Crippen LogP contribution in [-0.4, -0.2) is 23.0 Å². The molecule has 1 aromatic rings. The molecule has 2 unspecified atom stereocenters. The Morgan fingerprint density at radius 3 is 2.47 bits per heavy atom. The van der Waals surface area contributed by atoms with Crippen molar-refractivity contribution >= 4 is 11.9 Å². The van der Waals surface area contributed by atoms with Gasteiger partial charge in [-0.1, -0.05) is 30.3 Å². The van der Waals surface area contributed by atoms with Crippen LogP contribution in [0.4, 0.5) is 0 Å². The summed E-state index contributed by atoms with van der Waals surface area (Å²) in [6, 6.07) is 9.37. The third kappa shape index (κ3) is 3.81. The molecule has 0 spiro atoms. The van der Waals surface area contributed by atoms with Crippen LogP contribution >= 0.6 is 0 Å². The summed E-state index contributed by atoms with van der Waals surface area (Å²) in [5.41, 5.74) is 1.02. The average Bonchev–Trinajstić information content (AvgIpc) is 3.13. The predicted octanol–water partition coefficient (Wildman–Crippen LogP) is 2.16. The van der Waals surface area contributed by atoms with E-state index in [0.29, 0.717) is 5.92 Å². The van der Waals surface area contributed by atoms with Gasteiger partial charge in [0, 0.05) is 6.04 Å². The smallest absolute Gasteiger partial charge is 0.305 e. The number of carbonyl (C=O) groups excluding carboxylic acids is 1. The Kier molecular flexibility index (Phi) is 4.20. The van der Waals surface area contributed by atoms with Crippen molar-refractivity contribution in [3.8, 4) is 0 Å². The van der Waals surface area contributed by atoms with Crippen molar-refractivity contribution in [3.05, 3.63) is 35.9 Å². The van der Waals surface area contributed by atoms with Crippen molar-refractivity contribution in [3.63, 3.8) is 0 Å². The number of carboxylic acid groups (broad SMARTS) is 1. The van der Waals surface area contributed by atoms with Gasteiger partial charge in [0.25, 0.3) is 0 Å². The number of hydrogen-bond donors (Lipinski definition) is 2. The van der Waals surface area contributed by atoms with E-state index >= 15 is 0 Å². The van der Waals surface area contributed by atoms with Gasteiger partial charge in [-0.05, 0) is 31.2 Å². The first kappa shape index (κ1) is 13.6. The molecule has 2 rings (SSSR count). The second kappa shape index (κ2) is 5.87. The number of carbonyl (C=O) groups is 2. The molecule has 19 heavy (non-hydrogen) atoms. The fourth-order valence-corrected chi connectivity index (χ4v) is 2.37. The van der Waals surface area contributed by atoms with Gasteiger partial charge in [-0.15, -0.1) is 0 Å². The summed E-state index contributed by atoms with van der Waals surface area (Å²) in [6.45, 7) is 1.72. The molecule has 0 bridgehead atoms. The molecule has 0 aliphatic heterocycles. The van der Waals surface area contributed by atoms with Gasteiger partial charge >= 0.3 is 5.97 Å². The van der Waals surface area contributed by atoms with Gasteiger partial charge in [-0.2, -0.15) is 0 Å². The summed E-state index contributed by atoms with van der Waals surface area (Å²) in [5.74, 6) is -0.685. The number of rotatable bonds is 6. The summed E-state index contributed by atoms with van der Waals surface area (Å²) in [4.78, 5) is 22.9. The van der Waals surface area contributed by atoms with Gasteiger partial charge in [0.1, 0.15) is 0 Å². The molecule has 102 valence electrons. The summed E-state index contributed by atoms with van der Waals surface area (Å²) >= 11 is 0. The molecule has 1 saturated carbocycles. The van der Waals surface area contributed by atoms with E-state index < -0.39 is 5.97 Å². The van der Waals surface area contributed by atoms with E-state index in [1.807, 2.05) is 30.3 Å². The minimum Gasteiger partial charge on any atom is -0.481 e. The zero-order chi connectivity index (χ0) is 13.8. The molecule has 0 saturated heterocycles. The molecule has 1 aliphatic rings. The average molecular weight is 261 g/mol. The van der Waals surface area contributed by atoms with Crippen LogP contribution in [0.15, 0.2) is 30.3 Å². The lowest BCUT2D eigenvalue weighted by Crippen LogP contribution is -2.38. The second-order valence-electron chi connectivity index (χ2n) is 5.23. The van der Waals surface area contributed by atoms with Gasteiger partial charge in [0.2, 0.25) is 5.91 Å². The highest BCUT2D eigenvalue weighted by Gasteiger charge is 2.37. The molecule has 1 fully saturated rings. The van der Waals surface area contributed by atoms with E-state index in [9.17, 15) is 9.59 Å². The van der Waals surface area contributed by atoms with Crippen LogP contribution in [0.1, 0.15) is 37.7 Å². The second-order valence-corrected chi connectivity index (χ2v) is 5.23. The molecule has 0 radical (unpaired) electrons. The zero-order valence-electron chi connectivity index (χ0n) is 11.0. The minimum atomic E-state index is -0.893. The summed E-state index contributed by atoms with van der Waals surface area (Å²) in [6.07, 6.45) is 2.10. The van der Waals surface area contributed by atoms with Gasteiger partial charge < -0.3 is 10.4 Å². The highest BCUT2D eigenvalue weighted by Crippen LogP contribution is 2.42. The topological polar surface area (TPSA) is 66.4 Å². The first-order valence-corrected chi connectivity index (χ1v) is 6.65. The molecular weight excluding hydrogens is 242 g/mol. The van der Waals surface area contributed by atoms with Gasteiger partial charge in [-0.3, -0.25) is 9.59 Å². The minimum absolute atomic E-state index is 0.0437. The third-order valence-corrected chi connectivity index (χ3v) is 3.40. The first-order valence-electron chi connectivity index (χ1n) is 6.65. The monoisotopic (exact) mass is 261 g/mol. The number of hydrogen-bond acceptors (Lipinski definition) is 2. The first-order chi connectivity index (χ1) is 9.08. The molecule has 1 aliphatic carbocycles. The van der Waals surface area contributed by atoms with Gasteiger partial charge in [0.15, 0.2) is 0 Å². The molecule has 0 heterocycles. The van der Waals surface area contributed by atoms with E-state index in [2.05, 4.69) is 5.32 Å². The SMILES string of the molecule is CC(CC(=O)O)NC(=O)C(c1ccccc1)C1CC1. The van der Waals surface area contributed by atoms with Crippen LogP contribution in [0.5, 0.6) is 0 Å². The van der Waals surface area contributed by atoms with Crippen LogP contribution in [0.3, 0.4) is 0 Å². The highest BCUT2D eigenvalue weighted by molar-refractivity contribution is 5.85. The van der Waals surface area contributed by atoms with E-state index in [1.54, 1.807) is 6.92 Å². The molecule has 1 aromatic carbocycles. The van der Waals surface area contributed by atoms with Crippen molar-refractivity contribution in [2.24, 2.45) is 5.92 Å². The van der Waals surface area contributed by atoms with Crippen molar-refractivity contribution < 1.29 is 14.7 Å².